The molecule has 2 aliphatic heterocycles. The molecule has 0 saturated carbocycles. The molecule has 2 heterocycles. The Labute approximate surface area is 105 Å². The minimum Gasteiger partial charge on any atom is -0.481 e. The SMILES string of the molecule is O=C(NCC1CCOC1)NC1COCC1C(=O)O. The Morgan fingerprint density at radius 2 is 2.06 bits per heavy atom. The molecule has 2 amide bonds. The Morgan fingerprint density at radius 3 is 2.72 bits per heavy atom. The molecule has 3 atom stereocenters. The minimum atomic E-state index is -0.943. The average molecular weight is 258 g/mol. The van der Waals surface area contributed by atoms with Crippen LogP contribution in [0.2, 0.25) is 0 Å². The van der Waals surface area contributed by atoms with Crippen molar-refractivity contribution in [3.63, 3.8) is 0 Å². The summed E-state index contributed by atoms with van der Waals surface area (Å²) in [6.45, 7) is 2.36. The molecule has 2 aliphatic rings. The van der Waals surface area contributed by atoms with E-state index in [0.717, 1.165) is 13.0 Å². The Bertz CT molecular complexity index is 317. The fourth-order valence-electron chi connectivity index (χ4n) is 2.14. The van der Waals surface area contributed by atoms with Crippen molar-refractivity contribution >= 4 is 12.0 Å². The predicted molar refractivity (Wildman–Crippen MR) is 61.2 cm³/mol. The number of rotatable bonds is 4. The van der Waals surface area contributed by atoms with Gasteiger partial charge in [0.05, 0.1) is 25.9 Å². The molecule has 2 rings (SSSR count). The highest BCUT2D eigenvalue weighted by Crippen LogP contribution is 2.14. The van der Waals surface area contributed by atoms with Crippen molar-refractivity contribution in [2.24, 2.45) is 11.8 Å². The summed E-state index contributed by atoms with van der Waals surface area (Å²) in [6.07, 6.45) is 0.949. The molecule has 3 N–H and O–H groups in total. The van der Waals surface area contributed by atoms with Gasteiger partial charge in [0.15, 0.2) is 0 Å². The molecule has 7 heteroatoms. The normalized spacial score (nSPS) is 31.2. The molecular formula is C11H18N2O5. The Hall–Kier alpha value is -1.34. The smallest absolute Gasteiger partial charge is 0.315 e. The van der Waals surface area contributed by atoms with Crippen LogP contribution in [0.15, 0.2) is 0 Å². The van der Waals surface area contributed by atoms with Gasteiger partial charge >= 0.3 is 12.0 Å². The third-order valence-corrected chi connectivity index (χ3v) is 3.29. The molecule has 0 bridgehead atoms. The summed E-state index contributed by atoms with van der Waals surface area (Å²) in [4.78, 5) is 22.5. The van der Waals surface area contributed by atoms with Gasteiger partial charge in [-0.15, -0.1) is 0 Å². The lowest BCUT2D eigenvalue weighted by atomic mass is 10.0. The minimum absolute atomic E-state index is 0.150. The highest BCUT2D eigenvalue weighted by atomic mass is 16.5. The third kappa shape index (κ3) is 3.33. The number of carbonyl (C=O) groups is 2. The van der Waals surface area contributed by atoms with E-state index in [9.17, 15) is 9.59 Å². The van der Waals surface area contributed by atoms with Crippen LogP contribution in [0.1, 0.15) is 6.42 Å². The average Bonchev–Trinajstić information content (AvgIpc) is 2.96. The van der Waals surface area contributed by atoms with E-state index >= 15 is 0 Å². The van der Waals surface area contributed by atoms with Crippen LogP contribution in [0.25, 0.3) is 0 Å². The maximum atomic E-state index is 11.6. The van der Waals surface area contributed by atoms with Gasteiger partial charge in [0.25, 0.3) is 0 Å². The summed E-state index contributed by atoms with van der Waals surface area (Å²) in [5.74, 6) is -1.25. The summed E-state index contributed by atoms with van der Waals surface area (Å²) < 4.78 is 10.3. The first-order valence-electron chi connectivity index (χ1n) is 6.09. The van der Waals surface area contributed by atoms with Crippen molar-refractivity contribution in [1.29, 1.82) is 0 Å². The van der Waals surface area contributed by atoms with Gasteiger partial charge in [-0.3, -0.25) is 4.79 Å². The first-order valence-corrected chi connectivity index (χ1v) is 6.09. The summed E-state index contributed by atoms with van der Waals surface area (Å²) in [6, 6.07) is -0.800. The maximum absolute atomic E-state index is 11.6. The molecule has 0 radical (unpaired) electrons. The van der Waals surface area contributed by atoms with E-state index in [1.165, 1.54) is 0 Å². The number of carboxylic acid groups (broad SMARTS) is 1. The van der Waals surface area contributed by atoms with E-state index in [0.29, 0.717) is 19.1 Å². The lowest BCUT2D eigenvalue weighted by Gasteiger charge is -2.17. The molecule has 0 aliphatic carbocycles. The maximum Gasteiger partial charge on any atom is 0.315 e. The summed E-state index contributed by atoms with van der Waals surface area (Å²) in [7, 11) is 0. The number of amides is 2. The topological polar surface area (TPSA) is 96.9 Å². The molecule has 3 unspecified atom stereocenters. The number of carbonyl (C=O) groups excluding carboxylic acids is 1. The van der Waals surface area contributed by atoms with Crippen molar-refractivity contribution in [2.45, 2.75) is 12.5 Å². The van der Waals surface area contributed by atoms with Crippen molar-refractivity contribution in [1.82, 2.24) is 10.6 Å². The van der Waals surface area contributed by atoms with E-state index < -0.39 is 17.9 Å². The van der Waals surface area contributed by atoms with Gasteiger partial charge in [0.2, 0.25) is 0 Å². The van der Waals surface area contributed by atoms with Gasteiger partial charge in [-0.2, -0.15) is 0 Å². The lowest BCUT2D eigenvalue weighted by molar-refractivity contribution is -0.142. The molecule has 7 nitrogen and oxygen atoms in total. The van der Waals surface area contributed by atoms with Crippen LogP contribution < -0.4 is 10.6 Å². The molecule has 0 aromatic heterocycles. The van der Waals surface area contributed by atoms with Crippen LogP contribution in [0.5, 0.6) is 0 Å². The van der Waals surface area contributed by atoms with Crippen LogP contribution in [-0.4, -0.2) is 56.1 Å². The van der Waals surface area contributed by atoms with Crippen LogP contribution >= 0.6 is 0 Å². The van der Waals surface area contributed by atoms with Crippen molar-refractivity contribution in [2.75, 3.05) is 33.0 Å². The number of ether oxygens (including phenoxy) is 2. The second-order valence-electron chi connectivity index (χ2n) is 4.67. The number of aliphatic carboxylic acids is 1. The van der Waals surface area contributed by atoms with E-state index in [2.05, 4.69) is 10.6 Å². The van der Waals surface area contributed by atoms with Crippen LogP contribution in [-0.2, 0) is 14.3 Å². The van der Waals surface area contributed by atoms with E-state index in [1.807, 2.05) is 0 Å². The fraction of sp³-hybridized carbons (Fsp3) is 0.818. The number of hydrogen-bond acceptors (Lipinski definition) is 4. The zero-order valence-electron chi connectivity index (χ0n) is 10.1. The van der Waals surface area contributed by atoms with E-state index in [1.54, 1.807) is 0 Å². The molecule has 2 saturated heterocycles. The Balaban J connectivity index is 1.71. The Kier molecular flexibility index (Phi) is 4.38. The molecule has 102 valence electrons. The van der Waals surface area contributed by atoms with Crippen LogP contribution in [0, 0.1) is 11.8 Å². The zero-order valence-corrected chi connectivity index (χ0v) is 10.1. The van der Waals surface area contributed by atoms with Gasteiger partial charge < -0.3 is 25.2 Å². The van der Waals surface area contributed by atoms with Gasteiger partial charge in [-0.1, -0.05) is 0 Å². The van der Waals surface area contributed by atoms with Gasteiger partial charge in [-0.05, 0) is 6.42 Å². The molecule has 0 spiro atoms. The monoisotopic (exact) mass is 258 g/mol. The van der Waals surface area contributed by atoms with Crippen LogP contribution in [0.4, 0.5) is 4.79 Å². The standard InChI is InChI=1S/C11H18N2O5/c14-10(15)8-5-18-6-9(8)13-11(16)12-3-7-1-2-17-4-7/h7-9H,1-6H2,(H,14,15)(H2,12,13,16). The van der Waals surface area contributed by atoms with Crippen molar-refractivity contribution < 1.29 is 24.2 Å². The first-order chi connectivity index (χ1) is 8.66. The molecule has 2 fully saturated rings. The predicted octanol–water partition coefficient (Wildman–Crippen LogP) is -0.578. The fourth-order valence-corrected chi connectivity index (χ4v) is 2.14. The third-order valence-electron chi connectivity index (χ3n) is 3.29. The molecule has 0 aromatic carbocycles. The summed E-state index contributed by atoms with van der Waals surface area (Å²) in [5.41, 5.74) is 0. The number of urea groups is 1. The van der Waals surface area contributed by atoms with E-state index in [-0.39, 0.29) is 19.2 Å². The first kappa shape index (κ1) is 13.1. The second-order valence-corrected chi connectivity index (χ2v) is 4.67. The van der Waals surface area contributed by atoms with Gasteiger partial charge in [0, 0.05) is 19.1 Å². The number of hydrogen-bond donors (Lipinski definition) is 3. The zero-order chi connectivity index (χ0) is 13.0. The molecular weight excluding hydrogens is 240 g/mol. The summed E-state index contributed by atoms with van der Waals surface area (Å²) >= 11 is 0. The quantitative estimate of drug-likeness (QED) is 0.627. The van der Waals surface area contributed by atoms with Gasteiger partial charge in [0.1, 0.15) is 5.92 Å². The largest absolute Gasteiger partial charge is 0.481 e. The Morgan fingerprint density at radius 1 is 1.22 bits per heavy atom. The molecule has 0 aromatic rings. The van der Waals surface area contributed by atoms with Crippen molar-refractivity contribution in [3.05, 3.63) is 0 Å². The summed E-state index contributed by atoms with van der Waals surface area (Å²) in [5, 5.41) is 14.3. The lowest BCUT2D eigenvalue weighted by Crippen LogP contribution is -2.48. The van der Waals surface area contributed by atoms with Gasteiger partial charge in [-0.25, -0.2) is 4.79 Å². The second kappa shape index (κ2) is 6.01. The number of nitrogens with one attached hydrogen (secondary N) is 2. The highest BCUT2D eigenvalue weighted by Gasteiger charge is 2.35. The van der Waals surface area contributed by atoms with E-state index in [4.69, 9.17) is 14.6 Å². The van der Waals surface area contributed by atoms with Crippen LogP contribution in [0.3, 0.4) is 0 Å². The van der Waals surface area contributed by atoms with Crippen molar-refractivity contribution in [3.8, 4) is 0 Å². The highest BCUT2D eigenvalue weighted by molar-refractivity contribution is 5.77. The molecule has 18 heavy (non-hydrogen) atoms. The number of carboxylic acids is 1.